The van der Waals surface area contributed by atoms with Gasteiger partial charge in [-0.1, -0.05) is 0 Å². The lowest BCUT2D eigenvalue weighted by Gasteiger charge is -2.46. The van der Waals surface area contributed by atoms with Crippen LogP contribution in [0.4, 0.5) is 0 Å². The average Bonchev–Trinajstić information content (AvgIpc) is 3.13. The summed E-state index contributed by atoms with van der Waals surface area (Å²) in [5.41, 5.74) is 4.55. The van der Waals surface area contributed by atoms with Gasteiger partial charge in [0.1, 0.15) is 18.0 Å². The van der Waals surface area contributed by atoms with Gasteiger partial charge in [0.15, 0.2) is 11.9 Å². The van der Waals surface area contributed by atoms with E-state index in [1.54, 1.807) is 0 Å². The van der Waals surface area contributed by atoms with E-state index in [1.807, 2.05) is 13.8 Å². The molecule has 1 aromatic rings. The van der Waals surface area contributed by atoms with E-state index in [1.165, 1.54) is 5.56 Å². The number of hydrogen-bond acceptors (Lipinski definition) is 4. The number of hydrogen-bond donors (Lipinski definition) is 0. The fourth-order valence-electron chi connectivity index (χ4n) is 4.35. The monoisotopic (exact) mass is 305 g/mol. The molecule has 0 aromatic heterocycles. The Hall–Kier alpha value is -1.10. The minimum atomic E-state index is -2.20. The van der Waals surface area contributed by atoms with Gasteiger partial charge in [0.05, 0.1) is 13.2 Å². The maximum absolute atomic E-state index is 8.08. The molecule has 4 aliphatic rings. The lowest BCUT2D eigenvalue weighted by atomic mass is 9.87. The molecule has 1 aliphatic carbocycles. The van der Waals surface area contributed by atoms with Crippen LogP contribution in [0, 0.1) is 6.85 Å². The van der Waals surface area contributed by atoms with Crippen LogP contribution < -0.4 is 4.74 Å². The van der Waals surface area contributed by atoms with Crippen molar-refractivity contribution in [2.75, 3.05) is 6.61 Å². The summed E-state index contributed by atoms with van der Waals surface area (Å²) in [6, 6.07) is 0. The maximum atomic E-state index is 8.08. The van der Waals surface area contributed by atoms with Crippen molar-refractivity contribution in [2.45, 2.75) is 70.7 Å². The van der Waals surface area contributed by atoms with Crippen LogP contribution in [0.15, 0.2) is 0 Å². The number of ether oxygens (including phenoxy) is 4. The molecule has 3 heterocycles. The van der Waals surface area contributed by atoms with Crippen molar-refractivity contribution in [1.82, 2.24) is 0 Å². The summed E-state index contributed by atoms with van der Waals surface area (Å²) in [4.78, 5) is 0. The minimum absolute atomic E-state index is 0.276. The predicted octanol–water partition coefficient (Wildman–Crippen LogP) is 2.97. The first kappa shape index (κ1) is 10.6. The quantitative estimate of drug-likeness (QED) is 0.738. The Morgan fingerprint density at radius 3 is 2.91 bits per heavy atom. The van der Waals surface area contributed by atoms with E-state index in [0.717, 1.165) is 36.0 Å². The van der Waals surface area contributed by atoms with Crippen LogP contribution in [0.3, 0.4) is 0 Å². The first-order valence-electron chi connectivity index (χ1n) is 9.57. The fraction of sp³-hybridized carbons (Fsp3) is 0.667. The number of fused-ring (bicyclic) bond motifs is 4. The summed E-state index contributed by atoms with van der Waals surface area (Å²) in [6.45, 7) is 2.43. The highest BCUT2D eigenvalue weighted by molar-refractivity contribution is 5.60. The van der Waals surface area contributed by atoms with E-state index in [2.05, 4.69) is 0 Å². The molecule has 0 amide bonds. The van der Waals surface area contributed by atoms with Crippen molar-refractivity contribution in [3.05, 3.63) is 27.8 Å². The Kier molecular flexibility index (Phi) is 2.05. The summed E-state index contributed by atoms with van der Waals surface area (Å²) in [6.07, 6.45) is 1.79. The molecular weight excluding hydrogens is 280 g/mol. The second-order valence-electron chi connectivity index (χ2n) is 7.09. The summed E-state index contributed by atoms with van der Waals surface area (Å²) < 4.78 is 48.4. The molecule has 0 N–H and O–H groups in total. The molecule has 0 spiro atoms. The van der Waals surface area contributed by atoms with Crippen molar-refractivity contribution < 1.29 is 23.1 Å². The van der Waals surface area contributed by atoms with Crippen molar-refractivity contribution in [3.63, 3.8) is 0 Å². The van der Waals surface area contributed by atoms with Gasteiger partial charge in [0, 0.05) is 9.68 Å². The molecule has 5 rings (SSSR count). The highest BCUT2D eigenvalue weighted by Crippen LogP contribution is 2.52. The van der Waals surface area contributed by atoms with E-state index in [0.29, 0.717) is 24.5 Å². The number of benzene rings is 1. The maximum Gasteiger partial charge on any atom is 0.163 e. The van der Waals surface area contributed by atoms with Crippen molar-refractivity contribution in [3.8, 4) is 5.75 Å². The summed E-state index contributed by atoms with van der Waals surface area (Å²) in [5, 5.41) is 0. The molecule has 22 heavy (non-hydrogen) atoms. The first-order valence-corrected chi connectivity index (χ1v) is 8.07. The standard InChI is InChI=1S/C18H22O4/c1-9-10-5-4-6-11(10)12-7-19-17-14(12)15(9)21-13-8-20-18(2,3)22-16(13)17/h13,16-17H,4-8H2,1-3H3/t13-,16-,17-/m1/s1/i1D3. The Balaban J connectivity index is 1.72. The van der Waals surface area contributed by atoms with E-state index < -0.39 is 12.6 Å². The predicted molar refractivity (Wildman–Crippen MR) is 80.1 cm³/mol. The van der Waals surface area contributed by atoms with Gasteiger partial charge in [-0.25, -0.2) is 0 Å². The van der Waals surface area contributed by atoms with Gasteiger partial charge in [-0.3, -0.25) is 0 Å². The van der Waals surface area contributed by atoms with Crippen LogP contribution in [0.25, 0.3) is 0 Å². The average molecular weight is 305 g/mol. The molecule has 4 heteroatoms. The summed E-state index contributed by atoms with van der Waals surface area (Å²) in [5.74, 6) is -0.191. The molecule has 0 bridgehead atoms. The van der Waals surface area contributed by atoms with Crippen molar-refractivity contribution >= 4 is 0 Å². The van der Waals surface area contributed by atoms with Crippen LogP contribution in [0.5, 0.6) is 5.75 Å². The molecule has 0 unspecified atom stereocenters. The summed E-state index contributed by atoms with van der Waals surface area (Å²) in [7, 11) is 0. The Labute approximate surface area is 134 Å². The largest absolute Gasteiger partial charge is 0.484 e. The highest BCUT2D eigenvalue weighted by atomic mass is 16.7. The molecule has 0 radical (unpaired) electrons. The second-order valence-corrected chi connectivity index (χ2v) is 7.09. The Morgan fingerprint density at radius 2 is 2.05 bits per heavy atom. The zero-order chi connectivity index (χ0) is 17.6. The molecular formula is C18H22O4. The molecule has 3 aliphatic heterocycles. The third-order valence-corrected chi connectivity index (χ3v) is 5.32. The van der Waals surface area contributed by atoms with Gasteiger partial charge in [0.2, 0.25) is 0 Å². The van der Waals surface area contributed by atoms with E-state index in [-0.39, 0.29) is 18.3 Å². The van der Waals surface area contributed by atoms with Crippen LogP contribution in [0.2, 0.25) is 0 Å². The van der Waals surface area contributed by atoms with Crippen molar-refractivity contribution in [2.24, 2.45) is 0 Å². The molecule has 1 saturated heterocycles. The zero-order valence-corrected chi connectivity index (χ0v) is 12.9. The molecule has 118 valence electrons. The second kappa shape index (κ2) is 4.25. The van der Waals surface area contributed by atoms with Crippen molar-refractivity contribution in [1.29, 1.82) is 0 Å². The molecule has 3 atom stereocenters. The van der Waals surface area contributed by atoms with Gasteiger partial charge < -0.3 is 18.9 Å². The van der Waals surface area contributed by atoms with Gasteiger partial charge in [-0.05, 0) is 62.2 Å². The molecule has 1 aromatic carbocycles. The summed E-state index contributed by atoms with van der Waals surface area (Å²) >= 11 is 0. The third-order valence-electron chi connectivity index (χ3n) is 5.32. The highest BCUT2D eigenvalue weighted by Gasteiger charge is 2.51. The van der Waals surface area contributed by atoms with E-state index >= 15 is 0 Å². The number of rotatable bonds is 0. The molecule has 4 nitrogen and oxygen atoms in total. The Morgan fingerprint density at radius 1 is 1.18 bits per heavy atom. The zero-order valence-electron chi connectivity index (χ0n) is 15.9. The van der Waals surface area contributed by atoms with E-state index in [4.69, 9.17) is 23.1 Å². The molecule has 1 fully saturated rings. The normalized spacial score (nSPS) is 36.5. The minimum Gasteiger partial charge on any atom is -0.484 e. The van der Waals surface area contributed by atoms with Gasteiger partial charge in [0.25, 0.3) is 0 Å². The third kappa shape index (κ3) is 1.63. The Bertz CT molecular complexity index is 756. The van der Waals surface area contributed by atoms with Crippen LogP contribution >= 0.6 is 0 Å². The van der Waals surface area contributed by atoms with Gasteiger partial charge in [-0.15, -0.1) is 0 Å². The smallest absolute Gasteiger partial charge is 0.163 e. The van der Waals surface area contributed by atoms with Crippen LogP contribution in [-0.2, 0) is 33.7 Å². The topological polar surface area (TPSA) is 36.9 Å². The van der Waals surface area contributed by atoms with Crippen LogP contribution in [-0.4, -0.2) is 24.6 Å². The fourth-order valence-corrected chi connectivity index (χ4v) is 4.35. The lowest BCUT2D eigenvalue weighted by molar-refractivity contribution is -0.321. The molecule has 0 saturated carbocycles. The van der Waals surface area contributed by atoms with Gasteiger partial charge >= 0.3 is 0 Å². The lowest BCUT2D eigenvalue weighted by Crippen LogP contribution is -2.55. The van der Waals surface area contributed by atoms with Gasteiger partial charge in [-0.2, -0.15) is 0 Å². The van der Waals surface area contributed by atoms with E-state index in [9.17, 15) is 0 Å². The SMILES string of the molecule is [2H]C([2H])([2H])c1c2c(c3c4c1O[C@@H]1COC(C)(C)O[C@H]1[C@@H]4OC3)CCC2. The first-order chi connectivity index (χ1) is 11.8. The van der Waals surface area contributed by atoms with Crippen LogP contribution in [0.1, 0.15) is 58.3 Å².